The fourth-order valence-corrected chi connectivity index (χ4v) is 1.78. The number of benzene rings is 1. The highest BCUT2D eigenvalue weighted by Crippen LogP contribution is 2.35. The van der Waals surface area contributed by atoms with Gasteiger partial charge in [0, 0.05) is 10.4 Å². The van der Waals surface area contributed by atoms with E-state index in [4.69, 9.17) is 39.8 Å². The second-order valence-electron chi connectivity index (χ2n) is 3.07. The summed E-state index contributed by atoms with van der Waals surface area (Å²) in [4.78, 5) is 0.599. The molecule has 0 atom stereocenters. The van der Waals surface area contributed by atoms with E-state index in [-0.39, 0.29) is 0 Å². The second kappa shape index (κ2) is 4.00. The summed E-state index contributed by atoms with van der Waals surface area (Å²) in [5.41, 5.74) is 0.683. The largest absolute Gasteiger partial charge is 0.439 e. The minimum atomic E-state index is 0.460. The predicted molar refractivity (Wildman–Crippen MR) is 68.1 cm³/mol. The Hall–Kier alpha value is -0.770. The maximum atomic E-state index is 6.10. The van der Waals surface area contributed by atoms with Gasteiger partial charge in [0.2, 0.25) is 5.88 Å². The highest BCUT2D eigenvalue weighted by Gasteiger charge is 2.12. The summed E-state index contributed by atoms with van der Waals surface area (Å²) in [5.74, 6) is 0.460. The van der Waals surface area contributed by atoms with Crippen LogP contribution in [0.15, 0.2) is 22.6 Å². The number of furan rings is 1. The molecular formula is C10H7Cl2NOS. The molecule has 1 aromatic heterocycles. The SMILES string of the molecule is CC(=S)Nc1oc2ccc(Cl)cc2c1Cl. The summed E-state index contributed by atoms with van der Waals surface area (Å²) in [7, 11) is 0. The Morgan fingerprint density at radius 1 is 1.40 bits per heavy atom. The van der Waals surface area contributed by atoms with Gasteiger partial charge >= 0.3 is 0 Å². The lowest BCUT2D eigenvalue weighted by molar-refractivity contribution is 0.636. The monoisotopic (exact) mass is 259 g/mol. The molecular weight excluding hydrogens is 253 g/mol. The van der Waals surface area contributed by atoms with E-state index in [1.165, 1.54) is 0 Å². The van der Waals surface area contributed by atoms with Crippen molar-refractivity contribution in [2.24, 2.45) is 0 Å². The van der Waals surface area contributed by atoms with Crippen LogP contribution in [0.1, 0.15) is 6.92 Å². The van der Waals surface area contributed by atoms with Gasteiger partial charge in [-0.15, -0.1) is 0 Å². The first-order valence-electron chi connectivity index (χ1n) is 4.23. The molecule has 2 nitrogen and oxygen atoms in total. The first kappa shape index (κ1) is 10.7. The van der Waals surface area contributed by atoms with E-state index in [0.29, 0.717) is 26.5 Å². The van der Waals surface area contributed by atoms with Crippen molar-refractivity contribution in [3.63, 3.8) is 0 Å². The molecule has 0 radical (unpaired) electrons. The number of hydrogen-bond acceptors (Lipinski definition) is 2. The van der Waals surface area contributed by atoms with Crippen LogP contribution in [0.3, 0.4) is 0 Å². The molecule has 5 heteroatoms. The normalized spacial score (nSPS) is 10.6. The molecule has 0 saturated carbocycles. The van der Waals surface area contributed by atoms with Gasteiger partial charge < -0.3 is 9.73 Å². The van der Waals surface area contributed by atoms with Crippen LogP contribution in [0, 0.1) is 0 Å². The van der Waals surface area contributed by atoms with Crippen LogP contribution in [0.4, 0.5) is 5.88 Å². The lowest BCUT2D eigenvalue weighted by Gasteiger charge is -1.97. The second-order valence-corrected chi connectivity index (χ2v) is 4.49. The zero-order valence-electron chi connectivity index (χ0n) is 7.80. The first-order valence-corrected chi connectivity index (χ1v) is 5.39. The number of anilines is 1. The van der Waals surface area contributed by atoms with Crippen LogP contribution in [-0.2, 0) is 0 Å². The molecule has 0 aliphatic carbocycles. The molecule has 0 saturated heterocycles. The molecule has 2 rings (SSSR count). The van der Waals surface area contributed by atoms with Gasteiger partial charge in [-0.25, -0.2) is 0 Å². The average molecular weight is 260 g/mol. The smallest absolute Gasteiger partial charge is 0.217 e. The summed E-state index contributed by atoms with van der Waals surface area (Å²) >= 11 is 16.9. The Morgan fingerprint density at radius 3 is 2.80 bits per heavy atom. The van der Waals surface area contributed by atoms with Crippen molar-refractivity contribution < 1.29 is 4.42 Å². The molecule has 1 aromatic carbocycles. The molecule has 2 aromatic rings. The van der Waals surface area contributed by atoms with Crippen molar-refractivity contribution in [3.8, 4) is 0 Å². The van der Waals surface area contributed by atoms with E-state index in [1.54, 1.807) is 25.1 Å². The zero-order valence-corrected chi connectivity index (χ0v) is 10.1. The molecule has 0 amide bonds. The van der Waals surface area contributed by atoms with E-state index < -0.39 is 0 Å². The van der Waals surface area contributed by atoms with E-state index in [1.807, 2.05) is 0 Å². The van der Waals surface area contributed by atoms with Gasteiger partial charge in [-0.05, 0) is 25.1 Å². The molecule has 15 heavy (non-hydrogen) atoms. The minimum Gasteiger partial charge on any atom is -0.439 e. The highest BCUT2D eigenvalue weighted by atomic mass is 35.5. The van der Waals surface area contributed by atoms with Gasteiger partial charge in [-0.2, -0.15) is 0 Å². The van der Waals surface area contributed by atoms with Crippen molar-refractivity contribution >= 4 is 57.3 Å². The Kier molecular flexibility index (Phi) is 2.87. The van der Waals surface area contributed by atoms with Crippen molar-refractivity contribution in [1.82, 2.24) is 0 Å². The molecule has 0 spiro atoms. The van der Waals surface area contributed by atoms with Crippen LogP contribution in [-0.4, -0.2) is 4.99 Å². The third-order valence-electron chi connectivity index (χ3n) is 1.88. The molecule has 0 aliphatic rings. The topological polar surface area (TPSA) is 25.2 Å². The van der Waals surface area contributed by atoms with Crippen LogP contribution < -0.4 is 5.32 Å². The highest BCUT2D eigenvalue weighted by molar-refractivity contribution is 7.80. The molecule has 78 valence electrons. The Bertz CT molecular complexity index is 535. The third kappa shape index (κ3) is 2.09. The molecule has 1 N–H and O–H groups in total. The average Bonchev–Trinajstić information content (AvgIpc) is 2.44. The van der Waals surface area contributed by atoms with Gasteiger partial charge in [0.05, 0.1) is 4.99 Å². The van der Waals surface area contributed by atoms with Crippen LogP contribution >= 0.6 is 35.4 Å². The van der Waals surface area contributed by atoms with Crippen LogP contribution in [0.25, 0.3) is 11.0 Å². The number of rotatable bonds is 1. The molecule has 0 unspecified atom stereocenters. The van der Waals surface area contributed by atoms with E-state index in [0.717, 1.165) is 5.39 Å². The first-order chi connectivity index (χ1) is 7.08. The summed E-state index contributed by atoms with van der Waals surface area (Å²) in [6.45, 7) is 1.76. The fourth-order valence-electron chi connectivity index (χ4n) is 1.28. The van der Waals surface area contributed by atoms with Gasteiger partial charge in [0.25, 0.3) is 0 Å². The lowest BCUT2D eigenvalue weighted by Crippen LogP contribution is -2.02. The number of thiocarbonyl (C=S) groups is 1. The molecule has 1 heterocycles. The van der Waals surface area contributed by atoms with E-state index >= 15 is 0 Å². The van der Waals surface area contributed by atoms with Gasteiger partial charge in [-0.3, -0.25) is 0 Å². The zero-order chi connectivity index (χ0) is 11.0. The maximum Gasteiger partial charge on any atom is 0.217 e. The standard InChI is InChI=1S/C10H7Cl2NOS/c1-5(15)13-10-9(12)7-4-6(11)2-3-8(7)14-10/h2-4H,1H3,(H,13,15). The lowest BCUT2D eigenvalue weighted by atomic mass is 10.2. The van der Waals surface area contributed by atoms with Gasteiger partial charge in [0.1, 0.15) is 10.6 Å². The van der Waals surface area contributed by atoms with Gasteiger partial charge in [0.15, 0.2) is 0 Å². The van der Waals surface area contributed by atoms with Crippen molar-refractivity contribution in [1.29, 1.82) is 0 Å². The van der Waals surface area contributed by atoms with E-state index in [2.05, 4.69) is 5.32 Å². The van der Waals surface area contributed by atoms with E-state index in [9.17, 15) is 0 Å². The quantitative estimate of drug-likeness (QED) is 0.764. The maximum absolute atomic E-state index is 6.10. The Morgan fingerprint density at radius 2 is 2.13 bits per heavy atom. The van der Waals surface area contributed by atoms with Crippen molar-refractivity contribution in [3.05, 3.63) is 28.2 Å². The van der Waals surface area contributed by atoms with Crippen molar-refractivity contribution in [2.45, 2.75) is 6.92 Å². The third-order valence-corrected chi connectivity index (χ3v) is 2.59. The summed E-state index contributed by atoms with van der Waals surface area (Å²) in [6, 6.07) is 5.28. The molecule has 0 bridgehead atoms. The number of hydrogen-bond donors (Lipinski definition) is 1. The van der Waals surface area contributed by atoms with Crippen molar-refractivity contribution in [2.75, 3.05) is 5.32 Å². The molecule has 0 aliphatic heterocycles. The summed E-state index contributed by atoms with van der Waals surface area (Å²) < 4.78 is 5.48. The van der Waals surface area contributed by atoms with Gasteiger partial charge in [-0.1, -0.05) is 35.4 Å². The van der Waals surface area contributed by atoms with Crippen LogP contribution in [0.5, 0.6) is 0 Å². The van der Waals surface area contributed by atoms with Crippen LogP contribution in [0.2, 0.25) is 10.0 Å². The Balaban J connectivity index is 2.59. The summed E-state index contributed by atoms with van der Waals surface area (Å²) in [6.07, 6.45) is 0. The number of fused-ring (bicyclic) bond motifs is 1. The molecule has 0 fully saturated rings. The predicted octanol–water partition coefficient (Wildman–Crippen LogP) is 4.50. The minimum absolute atomic E-state index is 0.460. The summed E-state index contributed by atoms with van der Waals surface area (Å²) in [5, 5.41) is 4.77. The fraction of sp³-hybridized carbons (Fsp3) is 0.100. The Labute approximate surface area is 102 Å². The number of nitrogens with one attached hydrogen (secondary N) is 1. The number of halogens is 2.